The maximum absolute atomic E-state index is 13.2. The number of hydrogen-bond donors (Lipinski definition) is 2. The average molecular weight is 394 g/mol. The highest BCUT2D eigenvalue weighted by Crippen LogP contribution is 2.40. The van der Waals surface area contributed by atoms with E-state index in [1.54, 1.807) is 17.5 Å². The smallest absolute Gasteiger partial charge is 0.259 e. The molecule has 0 aliphatic heterocycles. The molecule has 3 aromatic rings. The van der Waals surface area contributed by atoms with Crippen LogP contribution in [0.25, 0.3) is 0 Å². The van der Waals surface area contributed by atoms with Crippen LogP contribution in [-0.4, -0.2) is 17.5 Å². The first kappa shape index (κ1) is 18.5. The molecule has 0 bridgehead atoms. The summed E-state index contributed by atoms with van der Waals surface area (Å²) >= 11 is 1.69. The Morgan fingerprint density at radius 2 is 2.04 bits per heavy atom. The summed E-state index contributed by atoms with van der Waals surface area (Å²) in [6, 6.07) is 13.4. The van der Waals surface area contributed by atoms with E-state index in [-0.39, 0.29) is 5.91 Å². The van der Waals surface area contributed by atoms with E-state index in [1.807, 2.05) is 49.4 Å². The number of thiophene rings is 1. The first-order valence-corrected chi connectivity index (χ1v) is 10.4. The van der Waals surface area contributed by atoms with Gasteiger partial charge in [0.25, 0.3) is 5.91 Å². The topological polar surface area (TPSA) is 63.2 Å². The second kappa shape index (κ2) is 8.44. The highest BCUT2D eigenvalue weighted by molar-refractivity contribution is 7.16. The molecule has 2 N–H and O–H groups in total. The maximum atomic E-state index is 13.2. The first-order valence-electron chi connectivity index (χ1n) is 9.57. The molecule has 0 unspecified atom stereocenters. The van der Waals surface area contributed by atoms with Crippen LogP contribution in [0, 0.1) is 0 Å². The Morgan fingerprint density at radius 1 is 1.18 bits per heavy atom. The minimum Gasteiger partial charge on any atom is -0.492 e. The van der Waals surface area contributed by atoms with Gasteiger partial charge in [-0.25, -0.2) is 0 Å². The van der Waals surface area contributed by atoms with Crippen molar-refractivity contribution in [3.05, 3.63) is 70.4 Å². The summed E-state index contributed by atoms with van der Waals surface area (Å²) in [5.74, 6) is 0.600. The fourth-order valence-corrected chi connectivity index (χ4v) is 4.76. The van der Waals surface area contributed by atoms with Crippen molar-refractivity contribution in [1.29, 1.82) is 0 Å². The molecule has 1 aromatic carbocycles. The van der Waals surface area contributed by atoms with Crippen LogP contribution < -0.4 is 15.4 Å². The Bertz CT molecular complexity index is 969. The second-order valence-electron chi connectivity index (χ2n) is 6.62. The quantitative estimate of drug-likeness (QED) is 0.600. The number of nitrogens with zero attached hydrogens (tertiary/aromatic N) is 1. The van der Waals surface area contributed by atoms with Crippen molar-refractivity contribution in [3.8, 4) is 5.75 Å². The lowest BCUT2D eigenvalue weighted by Crippen LogP contribution is -2.16. The summed E-state index contributed by atoms with van der Waals surface area (Å²) in [4.78, 5) is 18.9. The van der Waals surface area contributed by atoms with Gasteiger partial charge in [0.1, 0.15) is 10.8 Å². The van der Waals surface area contributed by atoms with E-state index in [9.17, 15) is 4.79 Å². The van der Waals surface area contributed by atoms with Crippen LogP contribution in [0.1, 0.15) is 39.8 Å². The number of benzene rings is 1. The molecule has 28 heavy (non-hydrogen) atoms. The molecule has 5 nitrogen and oxygen atoms in total. The third-order valence-corrected chi connectivity index (χ3v) is 5.99. The number of pyridine rings is 1. The van der Waals surface area contributed by atoms with E-state index in [2.05, 4.69) is 15.6 Å². The van der Waals surface area contributed by atoms with Crippen LogP contribution in [0.2, 0.25) is 0 Å². The number of carbonyl (C=O) groups is 1. The van der Waals surface area contributed by atoms with Crippen LogP contribution >= 0.6 is 11.3 Å². The molecule has 2 heterocycles. The molecule has 2 aromatic heterocycles. The molecule has 0 spiro atoms. The summed E-state index contributed by atoms with van der Waals surface area (Å²) < 4.78 is 5.65. The zero-order valence-corrected chi connectivity index (χ0v) is 16.6. The predicted molar refractivity (Wildman–Crippen MR) is 113 cm³/mol. The minimum absolute atomic E-state index is 0.0879. The maximum Gasteiger partial charge on any atom is 0.259 e. The molecule has 0 saturated heterocycles. The van der Waals surface area contributed by atoms with Gasteiger partial charge in [-0.05, 0) is 56.0 Å². The molecule has 6 heteroatoms. The van der Waals surface area contributed by atoms with E-state index in [4.69, 9.17) is 4.74 Å². The Labute approximate surface area is 168 Å². The predicted octanol–water partition coefficient (Wildman–Crippen LogP) is 4.89. The van der Waals surface area contributed by atoms with Gasteiger partial charge in [-0.3, -0.25) is 9.78 Å². The zero-order valence-electron chi connectivity index (χ0n) is 15.8. The minimum atomic E-state index is -0.0879. The van der Waals surface area contributed by atoms with Crippen molar-refractivity contribution in [2.45, 2.75) is 32.7 Å². The van der Waals surface area contributed by atoms with Gasteiger partial charge in [-0.2, -0.15) is 0 Å². The summed E-state index contributed by atoms with van der Waals surface area (Å²) in [6.07, 6.45) is 4.88. The SMILES string of the molecule is CCOc1ccccc1NC(=O)c1c(NCc2ccccn2)sc2c1CCC2. The van der Waals surface area contributed by atoms with Gasteiger partial charge in [-0.15, -0.1) is 11.3 Å². The van der Waals surface area contributed by atoms with E-state index in [1.165, 1.54) is 10.4 Å². The van der Waals surface area contributed by atoms with E-state index < -0.39 is 0 Å². The van der Waals surface area contributed by atoms with Crippen LogP contribution in [0.15, 0.2) is 48.7 Å². The van der Waals surface area contributed by atoms with Crippen molar-refractivity contribution in [2.75, 3.05) is 17.2 Å². The highest BCUT2D eigenvalue weighted by Gasteiger charge is 2.27. The molecule has 1 aliphatic carbocycles. The van der Waals surface area contributed by atoms with Gasteiger partial charge in [0.2, 0.25) is 0 Å². The van der Waals surface area contributed by atoms with E-state index in [0.717, 1.165) is 35.5 Å². The molecule has 0 radical (unpaired) electrons. The van der Waals surface area contributed by atoms with Gasteiger partial charge in [-0.1, -0.05) is 18.2 Å². The van der Waals surface area contributed by atoms with Crippen LogP contribution in [-0.2, 0) is 19.4 Å². The third-order valence-electron chi connectivity index (χ3n) is 4.74. The lowest BCUT2D eigenvalue weighted by molar-refractivity contribution is 0.102. The molecule has 1 amide bonds. The fraction of sp³-hybridized carbons (Fsp3) is 0.273. The van der Waals surface area contributed by atoms with Crippen molar-refractivity contribution in [2.24, 2.45) is 0 Å². The molecule has 0 saturated carbocycles. The van der Waals surface area contributed by atoms with Crippen molar-refractivity contribution in [1.82, 2.24) is 4.98 Å². The van der Waals surface area contributed by atoms with Crippen molar-refractivity contribution >= 4 is 27.9 Å². The summed E-state index contributed by atoms with van der Waals surface area (Å²) in [5, 5.41) is 7.40. The summed E-state index contributed by atoms with van der Waals surface area (Å²) in [5.41, 5.74) is 3.59. The number of carbonyl (C=O) groups excluding carboxylic acids is 1. The second-order valence-corrected chi connectivity index (χ2v) is 7.72. The zero-order chi connectivity index (χ0) is 19.3. The molecule has 4 rings (SSSR count). The third kappa shape index (κ3) is 3.87. The van der Waals surface area contributed by atoms with E-state index in [0.29, 0.717) is 24.6 Å². The summed E-state index contributed by atoms with van der Waals surface area (Å²) in [7, 11) is 0. The van der Waals surface area contributed by atoms with Gasteiger partial charge >= 0.3 is 0 Å². The van der Waals surface area contributed by atoms with E-state index >= 15 is 0 Å². The first-order chi connectivity index (χ1) is 13.8. The summed E-state index contributed by atoms with van der Waals surface area (Å²) in [6.45, 7) is 3.08. The van der Waals surface area contributed by atoms with Crippen LogP contribution in [0.3, 0.4) is 0 Å². The normalized spacial score (nSPS) is 12.5. The molecule has 0 atom stereocenters. The number of amides is 1. The van der Waals surface area contributed by atoms with Crippen LogP contribution in [0.4, 0.5) is 10.7 Å². The number of nitrogens with one attached hydrogen (secondary N) is 2. The fourth-order valence-electron chi connectivity index (χ4n) is 3.48. The number of anilines is 2. The molecule has 0 fully saturated rings. The number of rotatable bonds is 7. The highest BCUT2D eigenvalue weighted by atomic mass is 32.1. The number of fused-ring (bicyclic) bond motifs is 1. The number of hydrogen-bond acceptors (Lipinski definition) is 5. The lowest BCUT2D eigenvalue weighted by atomic mass is 10.1. The number of aromatic nitrogens is 1. The number of para-hydroxylation sites is 2. The Balaban J connectivity index is 1.59. The van der Waals surface area contributed by atoms with Gasteiger partial charge in [0, 0.05) is 11.1 Å². The molecular weight excluding hydrogens is 370 g/mol. The van der Waals surface area contributed by atoms with Crippen molar-refractivity contribution < 1.29 is 9.53 Å². The van der Waals surface area contributed by atoms with Crippen LogP contribution in [0.5, 0.6) is 5.75 Å². The number of aryl methyl sites for hydroxylation is 1. The molecule has 144 valence electrons. The monoisotopic (exact) mass is 393 g/mol. The Kier molecular flexibility index (Phi) is 5.58. The largest absolute Gasteiger partial charge is 0.492 e. The Hall–Kier alpha value is -2.86. The molecule has 1 aliphatic rings. The average Bonchev–Trinajstić information content (AvgIpc) is 3.29. The van der Waals surface area contributed by atoms with Gasteiger partial charge in [0.05, 0.1) is 30.1 Å². The Morgan fingerprint density at radius 3 is 2.86 bits per heavy atom. The standard InChI is InChI=1S/C22H23N3O2S/c1-2-27-18-11-4-3-10-17(18)25-21(26)20-16-9-7-12-19(16)28-22(20)24-14-15-8-5-6-13-23-15/h3-6,8,10-11,13,24H,2,7,9,12,14H2,1H3,(H,25,26). The van der Waals surface area contributed by atoms with Crippen molar-refractivity contribution in [3.63, 3.8) is 0 Å². The van der Waals surface area contributed by atoms with Gasteiger partial charge < -0.3 is 15.4 Å². The molecular formula is C22H23N3O2S. The lowest BCUT2D eigenvalue weighted by Gasteiger charge is -2.13. The number of ether oxygens (including phenoxy) is 1. The van der Waals surface area contributed by atoms with Gasteiger partial charge in [0.15, 0.2) is 0 Å².